The second-order valence-electron chi connectivity index (χ2n) is 7.42. The van der Waals surface area contributed by atoms with Crippen LogP contribution >= 0.6 is 0 Å². The van der Waals surface area contributed by atoms with Crippen LogP contribution in [-0.4, -0.2) is 50.6 Å². The number of hydrogen-bond acceptors (Lipinski definition) is 5. The molecule has 3 aromatic rings. The molecule has 6 nitrogen and oxygen atoms in total. The molecule has 4 heterocycles. The number of imidazole rings is 1. The molecule has 0 radical (unpaired) electrons. The average molecular weight is 439 g/mol. The monoisotopic (exact) mass is 439 g/mol. The molecule has 31 heavy (non-hydrogen) atoms. The number of halogens is 5. The topological polar surface area (TPSA) is 74.8 Å². The molecule has 1 fully saturated rings. The van der Waals surface area contributed by atoms with Crippen molar-refractivity contribution in [3.05, 3.63) is 48.0 Å². The van der Waals surface area contributed by atoms with Crippen LogP contribution < -0.4 is 5.32 Å². The van der Waals surface area contributed by atoms with Crippen LogP contribution in [0.5, 0.6) is 0 Å². The smallest absolute Gasteiger partial charge is 0.376 e. The van der Waals surface area contributed by atoms with Gasteiger partial charge in [-0.15, -0.1) is 0 Å². The molecule has 0 amide bonds. The molecule has 1 aliphatic heterocycles. The van der Waals surface area contributed by atoms with Gasteiger partial charge in [-0.1, -0.05) is 6.07 Å². The molecule has 0 aliphatic carbocycles. The minimum absolute atomic E-state index is 0.0508. The van der Waals surface area contributed by atoms with E-state index in [1.165, 1.54) is 16.7 Å². The van der Waals surface area contributed by atoms with Gasteiger partial charge in [-0.3, -0.25) is 4.40 Å². The molecular formula is C20H18F5N5O. The minimum Gasteiger partial charge on any atom is -0.376 e. The van der Waals surface area contributed by atoms with E-state index in [9.17, 15) is 27.1 Å². The Bertz CT molecular complexity index is 1150. The zero-order chi connectivity index (χ0) is 22.4. The molecular weight excluding hydrogens is 421 g/mol. The Balaban J connectivity index is 1.79. The number of nitrogens with zero attached hydrogens (tertiary/aromatic N) is 4. The van der Waals surface area contributed by atoms with Crippen LogP contribution in [0, 0.1) is 5.82 Å². The number of hydrogen-bond donors (Lipinski definition) is 2. The summed E-state index contributed by atoms with van der Waals surface area (Å²) in [7, 11) is 0. The highest BCUT2D eigenvalue weighted by molar-refractivity contribution is 5.93. The first kappa shape index (κ1) is 21.3. The molecule has 2 N–H and O–H groups in total. The third kappa shape index (κ3) is 4.02. The van der Waals surface area contributed by atoms with Gasteiger partial charge in [-0.25, -0.2) is 23.7 Å². The Kier molecular flexibility index (Phi) is 5.26. The number of pyridine rings is 2. The van der Waals surface area contributed by atoms with Gasteiger partial charge in [0.15, 0.2) is 11.4 Å². The summed E-state index contributed by atoms with van der Waals surface area (Å²) in [6, 6.07) is 4.54. The lowest BCUT2D eigenvalue weighted by Crippen LogP contribution is -2.39. The third-order valence-electron chi connectivity index (χ3n) is 5.16. The lowest BCUT2D eigenvalue weighted by molar-refractivity contribution is -0.259. The van der Waals surface area contributed by atoms with E-state index in [0.29, 0.717) is 13.5 Å². The van der Waals surface area contributed by atoms with Gasteiger partial charge in [0.2, 0.25) is 0 Å². The van der Waals surface area contributed by atoms with Crippen LogP contribution in [0.15, 0.2) is 41.7 Å². The second kappa shape index (κ2) is 7.65. The Labute approximate surface area is 173 Å². The summed E-state index contributed by atoms with van der Waals surface area (Å²) in [5.41, 5.74) is -2.81. The number of aromatic nitrogens is 3. The predicted octanol–water partition coefficient (Wildman–Crippen LogP) is 3.71. The molecule has 164 valence electrons. The van der Waals surface area contributed by atoms with Crippen molar-refractivity contribution >= 4 is 17.2 Å². The SMILES string of the molecule is C[C@@](O)(c1ccc2ncc(-c3cc(F)cc(/N=C4/CNCC[C@@H]4F)n3)n2c1)C(F)(F)F. The predicted molar refractivity (Wildman–Crippen MR) is 103 cm³/mol. The van der Waals surface area contributed by atoms with Crippen molar-refractivity contribution in [2.24, 2.45) is 4.99 Å². The van der Waals surface area contributed by atoms with Crippen LogP contribution in [0.2, 0.25) is 0 Å². The van der Waals surface area contributed by atoms with Crippen LogP contribution in [-0.2, 0) is 5.60 Å². The van der Waals surface area contributed by atoms with E-state index in [-0.39, 0.29) is 41.5 Å². The Hall–Kier alpha value is -2.92. The summed E-state index contributed by atoms with van der Waals surface area (Å²) in [5.74, 6) is -0.762. The summed E-state index contributed by atoms with van der Waals surface area (Å²) in [6.07, 6.45) is -3.53. The number of aliphatic imine (C=N–C) groups is 1. The lowest BCUT2D eigenvalue weighted by atomic mass is 9.97. The van der Waals surface area contributed by atoms with Crippen molar-refractivity contribution in [1.82, 2.24) is 19.7 Å². The fourth-order valence-electron chi connectivity index (χ4n) is 3.27. The first-order valence-electron chi connectivity index (χ1n) is 9.43. The van der Waals surface area contributed by atoms with Gasteiger partial charge in [-0.2, -0.15) is 13.2 Å². The highest BCUT2D eigenvalue weighted by atomic mass is 19.4. The highest BCUT2D eigenvalue weighted by Gasteiger charge is 2.51. The van der Waals surface area contributed by atoms with Crippen LogP contribution in [0.3, 0.4) is 0 Å². The quantitative estimate of drug-likeness (QED) is 0.611. The Morgan fingerprint density at radius 2 is 2.03 bits per heavy atom. The van der Waals surface area contributed by atoms with Crippen molar-refractivity contribution in [2.45, 2.75) is 31.3 Å². The molecule has 0 aromatic carbocycles. The number of fused-ring (bicyclic) bond motifs is 1. The van der Waals surface area contributed by atoms with E-state index in [1.807, 2.05) is 0 Å². The highest BCUT2D eigenvalue weighted by Crippen LogP contribution is 2.38. The molecule has 0 unspecified atom stereocenters. The maximum absolute atomic E-state index is 14.3. The molecule has 4 rings (SSSR count). The zero-order valence-corrected chi connectivity index (χ0v) is 16.3. The lowest BCUT2D eigenvalue weighted by Gasteiger charge is -2.26. The maximum Gasteiger partial charge on any atom is 0.421 e. The van der Waals surface area contributed by atoms with E-state index >= 15 is 0 Å². The van der Waals surface area contributed by atoms with Crippen molar-refractivity contribution < 1.29 is 27.1 Å². The van der Waals surface area contributed by atoms with Crippen molar-refractivity contribution in [3.8, 4) is 11.4 Å². The number of aliphatic hydroxyl groups is 1. The Morgan fingerprint density at radius 1 is 1.26 bits per heavy atom. The molecule has 0 saturated carbocycles. The van der Waals surface area contributed by atoms with Crippen LogP contribution in [0.4, 0.5) is 27.8 Å². The minimum atomic E-state index is -4.90. The summed E-state index contributed by atoms with van der Waals surface area (Å²) in [6.45, 7) is 1.36. The van der Waals surface area contributed by atoms with Crippen LogP contribution in [0.1, 0.15) is 18.9 Å². The first-order valence-corrected chi connectivity index (χ1v) is 9.43. The van der Waals surface area contributed by atoms with Gasteiger partial charge in [-0.05, 0) is 26.0 Å². The number of alkyl halides is 4. The number of nitrogens with one attached hydrogen (secondary N) is 1. The van der Waals surface area contributed by atoms with E-state index in [4.69, 9.17) is 0 Å². The summed E-state index contributed by atoms with van der Waals surface area (Å²) in [5, 5.41) is 13.0. The molecule has 11 heteroatoms. The summed E-state index contributed by atoms with van der Waals surface area (Å²) < 4.78 is 69.3. The number of rotatable bonds is 3. The van der Waals surface area contributed by atoms with E-state index < -0.39 is 29.3 Å². The molecule has 0 spiro atoms. The Morgan fingerprint density at radius 3 is 2.74 bits per heavy atom. The van der Waals surface area contributed by atoms with Crippen molar-refractivity contribution in [3.63, 3.8) is 0 Å². The standard InChI is InChI=1S/C20H18F5N5O/c1-19(31,20(23,24)25)11-2-3-18-27-9-16(30(18)10-11)14-6-12(21)7-17(28-14)29-15-8-26-5-4-13(15)22/h2-3,6-7,9-10,13,26,31H,4-5,8H2,1H3/b29-15-/t13-,19+/m0/s1. The second-order valence-corrected chi connectivity index (χ2v) is 7.42. The van der Waals surface area contributed by atoms with E-state index in [1.54, 1.807) is 0 Å². The van der Waals surface area contributed by atoms with Crippen molar-refractivity contribution in [1.29, 1.82) is 0 Å². The zero-order valence-electron chi connectivity index (χ0n) is 16.3. The molecule has 1 saturated heterocycles. The maximum atomic E-state index is 14.3. The van der Waals surface area contributed by atoms with Crippen LogP contribution in [0.25, 0.3) is 17.0 Å². The van der Waals surface area contributed by atoms with Gasteiger partial charge in [0, 0.05) is 30.4 Å². The van der Waals surface area contributed by atoms with E-state index in [2.05, 4.69) is 20.3 Å². The first-order chi connectivity index (χ1) is 14.6. The molecule has 3 aromatic heterocycles. The molecule has 1 aliphatic rings. The van der Waals surface area contributed by atoms with E-state index in [0.717, 1.165) is 24.4 Å². The average Bonchev–Trinajstić information content (AvgIpc) is 3.12. The third-order valence-corrected chi connectivity index (χ3v) is 5.16. The normalized spacial score (nSPS) is 20.9. The fraction of sp³-hybridized carbons (Fsp3) is 0.350. The molecule has 2 atom stereocenters. The van der Waals surface area contributed by atoms with Crippen molar-refractivity contribution in [2.75, 3.05) is 13.1 Å². The van der Waals surface area contributed by atoms with Gasteiger partial charge in [0.05, 0.1) is 23.3 Å². The number of piperidine rings is 1. The largest absolute Gasteiger partial charge is 0.421 e. The van der Waals surface area contributed by atoms with Gasteiger partial charge >= 0.3 is 6.18 Å². The summed E-state index contributed by atoms with van der Waals surface area (Å²) in [4.78, 5) is 12.4. The molecule has 0 bridgehead atoms. The van der Waals surface area contributed by atoms with Gasteiger partial charge in [0.25, 0.3) is 0 Å². The van der Waals surface area contributed by atoms with Gasteiger partial charge in [0.1, 0.15) is 17.6 Å². The summed E-state index contributed by atoms with van der Waals surface area (Å²) >= 11 is 0. The fourth-order valence-corrected chi connectivity index (χ4v) is 3.27. The van der Waals surface area contributed by atoms with Gasteiger partial charge < -0.3 is 10.4 Å².